The quantitative estimate of drug-likeness (QED) is 0.869. The van der Waals surface area contributed by atoms with Crippen LogP contribution < -0.4 is 5.32 Å². The highest BCUT2D eigenvalue weighted by atomic mass is 16.1. The lowest BCUT2D eigenvalue weighted by atomic mass is 9.64. The molecule has 1 unspecified atom stereocenters. The van der Waals surface area contributed by atoms with Gasteiger partial charge in [-0.05, 0) is 42.2 Å². The van der Waals surface area contributed by atoms with E-state index in [-0.39, 0.29) is 17.2 Å². The van der Waals surface area contributed by atoms with Crippen LogP contribution in [-0.4, -0.2) is 17.4 Å². The van der Waals surface area contributed by atoms with Crippen LogP contribution in [0.25, 0.3) is 10.9 Å². The number of carbonyl (C=O) groups excluding carboxylic acids is 1. The standard InChI is InChI=1S/C20H28N2O/c1-14-7-6-11-20(2,3)18(14)19(23)21-12-10-15-13-22-17-9-5-4-8-16(15)17/h4-5,8-9,13-14,18,22H,6-7,10-12H2,1-3H3,(H,21,23)/t14-,18?/m0/s1. The largest absolute Gasteiger partial charge is 0.361 e. The smallest absolute Gasteiger partial charge is 0.223 e. The van der Waals surface area contributed by atoms with Crippen molar-refractivity contribution in [1.82, 2.24) is 10.3 Å². The maximum absolute atomic E-state index is 12.7. The number of carbonyl (C=O) groups is 1. The fourth-order valence-corrected chi connectivity index (χ4v) is 4.35. The number of rotatable bonds is 4. The van der Waals surface area contributed by atoms with Crippen molar-refractivity contribution in [1.29, 1.82) is 0 Å². The van der Waals surface area contributed by atoms with Crippen molar-refractivity contribution in [2.75, 3.05) is 6.54 Å². The van der Waals surface area contributed by atoms with Gasteiger partial charge in [0.2, 0.25) is 5.91 Å². The number of hydrogen-bond acceptors (Lipinski definition) is 1. The zero-order valence-electron chi connectivity index (χ0n) is 14.5. The van der Waals surface area contributed by atoms with Gasteiger partial charge in [0.15, 0.2) is 0 Å². The second-order valence-corrected chi connectivity index (χ2v) is 7.74. The van der Waals surface area contributed by atoms with Gasteiger partial charge in [0, 0.05) is 29.6 Å². The molecule has 23 heavy (non-hydrogen) atoms. The lowest BCUT2D eigenvalue weighted by Crippen LogP contribution is -2.45. The number of nitrogens with one attached hydrogen (secondary N) is 2. The maximum Gasteiger partial charge on any atom is 0.223 e. The number of benzene rings is 1. The normalized spacial score (nSPS) is 23.8. The number of fused-ring (bicyclic) bond motifs is 1. The summed E-state index contributed by atoms with van der Waals surface area (Å²) in [6.45, 7) is 7.42. The first-order valence-corrected chi connectivity index (χ1v) is 8.82. The minimum atomic E-state index is 0.114. The number of aromatic amines is 1. The number of aromatic nitrogens is 1. The Balaban J connectivity index is 1.61. The highest BCUT2D eigenvalue weighted by Crippen LogP contribution is 2.43. The van der Waals surface area contributed by atoms with Crippen LogP contribution in [0, 0.1) is 17.3 Å². The molecule has 1 fully saturated rings. The molecule has 1 heterocycles. The topological polar surface area (TPSA) is 44.9 Å². The molecule has 3 nitrogen and oxygen atoms in total. The van der Waals surface area contributed by atoms with E-state index in [0.29, 0.717) is 12.5 Å². The molecule has 0 spiro atoms. The first kappa shape index (κ1) is 16.1. The molecule has 1 saturated carbocycles. The van der Waals surface area contributed by atoms with Crippen LogP contribution >= 0.6 is 0 Å². The first-order valence-electron chi connectivity index (χ1n) is 8.82. The molecule has 1 aliphatic carbocycles. The van der Waals surface area contributed by atoms with E-state index < -0.39 is 0 Å². The van der Waals surface area contributed by atoms with Crippen LogP contribution in [0.2, 0.25) is 0 Å². The molecule has 2 aromatic rings. The van der Waals surface area contributed by atoms with E-state index in [2.05, 4.69) is 55.5 Å². The predicted molar refractivity (Wildman–Crippen MR) is 95.3 cm³/mol. The van der Waals surface area contributed by atoms with Crippen LogP contribution in [0.5, 0.6) is 0 Å². The van der Waals surface area contributed by atoms with Gasteiger partial charge in [-0.2, -0.15) is 0 Å². The lowest BCUT2D eigenvalue weighted by Gasteiger charge is -2.41. The van der Waals surface area contributed by atoms with Crippen molar-refractivity contribution in [3.8, 4) is 0 Å². The zero-order chi connectivity index (χ0) is 16.4. The molecule has 1 aliphatic rings. The van der Waals surface area contributed by atoms with Gasteiger partial charge in [0.05, 0.1) is 0 Å². The highest BCUT2D eigenvalue weighted by Gasteiger charge is 2.41. The molecule has 124 valence electrons. The molecule has 3 rings (SSSR count). The van der Waals surface area contributed by atoms with E-state index in [9.17, 15) is 4.79 Å². The van der Waals surface area contributed by atoms with E-state index in [4.69, 9.17) is 0 Å². The number of hydrogen-bond donors (Lipinski definition) is 2. The third-order valence-corrected chi connectivity index (χ3v) is 5.54. The Kier molecular flexibility index (Phi) is 4.47. The molecule has 0 aliphatic heterocycles. The monoisotopic (exact) mass is 312 g/mol. The van der Waals surface area contributed by atoms with E-state index in [0.717, 1.165) is 18.4 Å². The van der Waals surface area contributed by atoms with Crippen molar-refractivity contribution in [2.45, 2.75) is 46.5 Å². The minimum Gasteiger partial charge on any atom is -0.361 e. The van der Waals surface area contributed by atoms with Crippen molar-refractivity contribution in [3.63, 3.8) is 0 Å². The van der Waals surface area contributed by atoms with Gasteiger partial charge in [-0.3, -0.25) is 4.79 Å². The summed E-state index contributed by atoms with van der Waals surface area (Å²) in [4.78, 5) is 16.0. The van der Waals surface area contributed by atoms with Crippen LogP contribution in [0.15, 0.2) is 30.5 Å². The Morgan fingerprint density at radius 1 is 1.35 bits per heavy atom. The highest BCUT2D eigenvalue weighted by molar-refractivity contribution is 5.83. The van der Waals surface area contributed by atoms with Gasteiger partial charge >= 0.3 is 0 Å². The Hall–Kier alpha value is -1.77. The Labute approximate surface area is 138 Å². The van der Waals surface area contributed by atoms with Gasteiger partial charge in [-0.1, -0.05) is 45.4 Å². The zero-order valence-corrected chi connectivity index (χ0v) is 14.5. The van der Waals surface area contributed by atoms with Gasteiger partial charge in [0.25, 0.3) is 0 Å². The Bertz CT molecular complexity index is 686. The molecule has 1 aromatic carbocycles. The lowest BCUT2D eigenvalue weighted by molar-refractivity contribution is -0.132. The van der Waals surface area contributed by atoms with E-state index in [1.165, 1.54) is 23.8 Å². The maximum atomic E-state index is 12.7. The molecule has 0 bridgehead atoms. The van der Waals surface area contributed by atoms with Crippen LogP contribution in [0.1, 0.15) is 45.6 Å². The molecule has 2 N–H and O–H groups in total. The van der Waals surface area contributed by atoms with Gasteiger partial charge in [-0.25, -0.2) is 0 Å². The summed E-state index contributed by atoms with van der Waals surface area (Å²) < 4.78 is 0. The van der Waals surface area contributed by atoms with Gasteiger partial charge < -0.3 is 10.3 Å². The molecule has 0 radical (unpaired) electrons. The SMILES string of the molecule is C[C@H]1CCCC(C)(C)C1C(=O)NCCc1c[nH]c2ccccc12. The summed E-state index contributed by atoms with van der Waals surface area (Å²) in [5.41, 5.74) is 2.55. The van der Waals surface area contributed by atoms with E-state index >= 15 is 0 Å². The number of amides is 1. The van der Waals surface area contributed by atoms with E-state index in [1.807, 2.05) is 6.07 Å². The molecule has 3 heteroatoms. The van der Waals surface area contributed by atoms with Crippen LogP contribution in [0.4, 0.5) is 0 Å². The number of H-pyrrole nitrogens is 1. The summed E-state index contributed by atoms with van der Waals surface area (Å²) >= 11 is 0. The van der Waals surface area contributed by atoms with Crippen LogP contribution in [0.3, 0.4) is 0 Å². The van der Waals surface area contributed by atoms with E-state index in [1.54, 1.807) is 0 Å². The fourth-order valence-electron chi connectivity index (χ4n) is 4.35. The van der Waals surface area contributed by atoms with Crippen molar-refractivity contribution < 1.29 is 4.79 Å². The summed E-state index contributed by atoms with van der Waals surface area (Å²) in [6, 6.07) is 8.32. The van der Waals surface area contributed by atoms with Crippen molar-refractivity contribution in [3.05, 3.63) is 36.0 Å². The summed E-state index contributed by atoms with van der Waals surface area (Å²) in [6.07, 6.45) is 6.50. The predicted octanol–water partition coefficient (Wildman–Crippen LogP) is 4.29. The van der Waals surface area contributed by atoms with Crippen LogP contribution in [-0.2, 0) is 11.2 Å². The van der Waals surface area contributed by atoms with Crippen molar-refractivity contribution in [2.24, 2.45) is 17.3 Å². The van der Waals surface area contributed by atoms with Gasteiger partial charge in [-0.15, -0.1) is 0 Å². The van der Waals surface area contributed by atoms with Gasteiger partial charge in [0.1, 0.15) is 0 Å². The Morgan fingerprint density at radius 3 is 2.91 bits per heavy atom. The summed E-state index contributed by atoms with van der Waals surface area (Å²) in [5.74, 6) is 0.855. The summed E-state index contributed by atoms with van der Waals surface area (Å²) in [5, 5.41) is 4.45. The minimum absolute atomic E-state index is 0.114. The fraction of sp³-hybridized carbons (Fsp3) is 0.550. The second-order valence-electron chi connectivity index (χ2n) is 7.74. The molecule has 1 amide bonds. The molecule has 0 saturated heterocycles. The Morgan fingerprint density at radius 2 is 2.13 bits per heavy atom. The number of para-hydroxylation sites is 1. The molecular formula is C20H28N2O. The second kappa shape index (κ2) is 6.38. The first-order chi connectivity index (χ1) is 11.0. The molecule has 1 aromatic heterocycles. The molecule has 2 atom stereocenters. The van der Waals surface area contributed by atoms with Crippen molar-refractivity contribution >= 4 is 16.8 Å². The summed E-state index contributed by atoms with van der Waals surface area (Å²) in [7, 11) is 0. The molecular weight excluding hydrogens is 284 g/mol. The average molecular weight is 312 g/mol. The third kappa shape index (κ3) is 3.29. The average Bonchev–Trinajstić information content (AvgIpc) is 2.90. The third-order valence-electron chi connectivity index (χ3n) is 5.54.